The molecular weight excluding hydrogens is 503 g/mol. The average molecular weight is 526 g/mol. The number of hydrogen-bond donors (Lipinski definition) is 4. The first-order valence-corrected chi connectivity index (χ1v) is 10.3. The molecule has 0 aliphatic carbocycles. The molecule has 2 aromatic carbocycles. The Kier molecular flexibility index (Phi) is 9.55. The second kappa shape index (κ2) is 12.1. The van der Waals surface area contributed by atoms with Gasteiger partial charge in [0.05, 0.1) is 12.5 Å². The van der Waals surface area contributed by atoms with Gasteiger partial charge in [-0.1, -0.05) is 48.5 Å². The normalized spacial score (nSPS) is 12.5. The van der Waals surface area contributed by atoms with Crippen LogP contribution in [-0.2, 0) is 27.4 Å². The van der Waals surface area contributed by atoms with Gasteiger partial charge in [-0.2, -0.15) is 0 Å². The Morgan fingerprint density at radius 2 is 1.70 bits per heavy atom. The number of benzene rings is 2. The highest BCUT2D eigenvalue weighted by atomic mass is 127. The van der Waals surface area contributed by atoms with Crippen molar-refractivity contribution in [2.45, 2.75) is 31.6 Å². The summed E-state index contributed by atoms with van der Waals surface area (Å²) in [5.74, 6) is -1.79. The molecule has 0 bridgehead atoms. The van der Waals surface area contributed by atoms with Gasteiger partial charge in [0.2, 0.25) is 5.91 Å². The Bertz CT molecular complexity index is 862. The minimum absolute atomic E-state index is 0.0852. The lowest BCUT2D eigenvalue weighted by molar-refractivity contribution is -0.142. The monoisotopic (exact) mass is 526 g/mol. The van der Waals surface area contributed by atoms with Gasteiger partial charge in [0, 0.05) is 16.5 Å². The van der Waals surface area contributed by atoms with Gasteiger partial charge in [-0.05, 0) is 39.8 Å². The number of ether oxygens (including phenoxy) is 1. The predicted molar refractivity (Wildman–Crippen MR) is 118 cm³/mol. The lowest BCUT2D eigenvalue weighted by Gasteiger charge is -2.17. The van der Waals surface area contributed by atoms with E-state index in [9.17, 15) is 24.6 Å². The number of carboxylic acids is 1. The van der Waals surface area contributed by atoms with E-state index < -0.39 is 30.1 Å². The third-order valence-corrected chi connectivity index (χ3v) is 5.18. The summed E-state index contributed by atoms with van der Waals surface area (Å²) in [5.41, 5.74) is 1.62. The van der Waals surface area contributed by atoms with E-state index in [1.807, 2.05) is 42.5 Å². The molecule has 2 aromatic rings. The molecule has 0 saturated carbocycles. The van der Waals surface area contributed by atoms with Crippen LogP contribution in [0.5, 0.6) is 0 Å². The summed E-state index contributed by atoms with van der Waals surface area (Å²) in [6, 6.07) is 15.3. The number of nitrogens with one attached hydrogen (secondary N) is 2. The minimum atomic E-state index is -1.18. The molecule has 2 rings (SSSR count). The predicted octanol–water partition coefficient (Wildman–Crippen LogP) is 2.08. The zero-order valence-electron chi connectivity index (χ0n) is 16.1. The third-order valence-electron chi connectivity index (χ3n) is 4.13. The van der Waals surface area contributed by atoms with E-state index in [0.717, 1.165) is 14.7 Å². The average Bonchev–Trinajstić information content (AvgIpc) is 2.72. The topological polar surface area (TPSA) is 125 Å². The van der Waals surface area contributed by atoms with Crippen LogP contribution in [0.3, 0.4) is 0 Å². The van der Waals surface area contributed by atoms with Gasteiger partial charge in [0.25, 0.3) is 0 Å². The molecule has 0 saturated heterocycles. The molecule has 0 heterocycles. The lowest BCUT2D eigenvalue weighted by Crippen LogP contribution is -2.44. The number of halogens is 1. The number of hydrogen-bond acceptors (Lipinski definition) is 5. The molecule has 4 N–H and O–H groups in total. The fraction of sp³-hybridized carbons (Fsp3) is 0.286. The number of carbonyl (C=O) groups is 3. The largest absolute Gasteiger partial charge is 0.480 e. The Hall–Kier alpha value is -2.66. The standard InChI is InChI=1S/C21H23IN2O6/c22-17-9-5-4-8-15(17)10-18(20(27)28)24-19(26)11-16(25)12-23-21(29)30-13-14-6-2-1-3-7-14/h1-9,16,18,25H,10-13H2,(H,23,29)(H,24,26)(H,27,28)/t16-,18-/m1/s1. The molecular formula is C21H23IN2O6. The van der Waals surface area contributed by atoms with E-state index in [1.165, 1.54) is 0 Å². The van der Waals surface area contributed by atoms with Crippen LogP contribution in [-0.4, -0.2) is 46.9 Å². The first-order chi connectivity index (χ1) is 14.3. The lowest BCUT2D eigenvalue weighted by atomic mass is 10.1. The number of amides is 2. The molecule has 0 aliphatic heterocycles. The van der Waals surface area contributed by atoms with Crippen molar-refractivity contribution in [1.82, 2.24) is 10.6 Å². The Morgan fingerprint density at radius 3 is 2.37 bits per heavy atom. The second-order valence-electron chi connectivity index (χ2n) is 6.55. The van der Waals surface area contributed by atoms with Crippen molar-refractivity contribution < 1.29 is 29.3 Å². The van der Waals surface area contributed by atoms with E-state index in [2.05, 4.69) is 33.2 Å². The molecule has 30 heavy (non-hydrogen) atoms. The van der Waals surface area contributed by atoms with E-state index in [4.69, 9.17) is 4.74 Å². The molecule has 9 heteroatoms. The van der Waals surface area contributed by atoms with Gasteiger partial charge < -0.3 is 25.6 Å². The number of aliphatic carboxylic acids is 1. The van der Waals surface area contributed by atoms with Crippen molar-refractivity contribution in [3.63, 3.8) is 0 Å². The van der Waals surface area contributed by atoms with E-state index in [1.54, 1.807) is 12.1 Å². The number of carboxylic acid groups (broad SMARTS) is 1. The summed E-state index contributed by atoms with van der Waals surface area (Å²) in [4.78, 5) is 35.3. The smallest absolute Gasteiger partial charge is 0.407 e. The molecule has 0 unspecified atom stereocenters. The summed E-state index contributed by atoms with van der Waals surface area (Å²) < 4.78 is 5.91. The molecule has 0 aromatic heterocycles. The van der Waals surface area contributed by atoms with E-state index in [0.29, 0.717) is 0 Å². The van der Waals surface area contributed by atoms with Gasteiger partial charge in [-0.25, -0.2) is 9.59 Å². The number of alkyl carbamates (subject to hydrolysis) is 1. The highest BCUT2D eigenvalue weighted by Gasteiger charge is 2.22. The Balaban J connectivity index is 1.74. The molecule has 160 valence electrons. The van der Waals surface area contributed by atoms with Crippen molar-refractivity contribution in [2.75, 3.05) is 6.54 Å². The summed E-state index contributed by atoms with van der Waals surface area (Å²) in [6.07, 6.45) is -2.13. The van der Waals surface area contributed by atoms with E-state index >= 15 is 0 Å². The summed E-state index contributed by atoms with van der Waals surface area (Å²) >= 11 is 2.10. The van der Waals surface area contributed by atoms with Gasteiger partial charge in [-0.3, -0.25) is 4.79 Å². The first-order valence-electron chi connectivity index (χ1n) is 9.23. The van der Waals surface area contributed by atoms with Gasteiger partial charge in [0.15, 0.2) is 0 Å². The number of aliphatic hydroxyl groups excluding tert-OH is 1. The first kappa shape index (κ1) is 23.6. The molecule has 0 spiro atoms. The fourth-order valence-corrected chi connectivity index (χ4v) is 3.21. The molecule has 2 atom stereocenters. The van der Waals surface area contributed by atoms with Gasteiger partial charge >= 0.3 is 12.1 Å². The van der Waals surface area contributed by atoms with Crippen molar-refractivity contribution in [3.8, 4) is 0 Å². The summed E-state index contributed by atoms with van der Waals surface area (Å²) in [6.45, 7) is -0.114. The quantitative estimate of drug-likeness (QED) is 0.352. The highest BCUT2D eigenvalue weighted by Crippen LogP contribution is 2.14. The number of aliphatic hydroxyl groups is 1. The molecule has 0 radical (unpaired) electrons. The molecule has 0 aliphatic rings. The summed E-state index contributed by atoms with van der Waals surface area (Å²) in [7, 11) is 0. The van der Waals surface area contributed by atoms with Gasteiger partial charge in [0.1, 0.15) is 12.6 Å². The fourth-order valence-electron chi connectivity index (χ4n) is 2.60. The van der Waals surface area contributed by atoms with Crippen LogP contribution in [0.25, 0.3) is 0 Å². The minimum Gasteiger partial charge on any atom is -0.480 e. The maximum Gasteiger partial charge on any atom is 0.407 e. The van der Waals surface area contributed by atoms with Crippen LogP contribution in [0, 0.1) is 3.57 Å². The molecule has 2 amide bonds. The maximum atomic E-state index is 12.1. The Morgan fingerprint density at radius 1 is 1.03 bits per heavy atom. The molecule has 8 nitrogen and oxygen atoms in total. The maximum absolute atomic E-state index is 12.1. The highest BCUT2D eigenvalue weighted by molar-refractivity contribution is 14.1. The van der Waals surface area contributed by atoms with Crippen LogP contribution in [0.1, 0.15) is 17.5 Å². The van der Waals surface area contributed by atoms with Crippen molar-refractivity contribution >= 4 is 40.6 Å². The Labute approximate surface area is 187 Å². The van der Waals surface area contributed by atoms with E-state index in [-0.39, 0.29) is 26.0 Å². The number of carbonyl (C=O) groups excluding carboxylic acids is 2. The van der Waals surface area contributed by atoms with Crippen LogP contribution in [0.4, 0.5) is 4.79 Å². The summed E-state index contributed by atoms with van der Waals surface area (Å²) in [5, 5.41) is 24.1. The van der Waals surface area contributed by atoms with Crippen LogP contribution < -0.4 is 10.6 Å². The van der Waals surface area contributed by atoms with Crippen LogP contribution >= 0.6 is 22.6 Å². The van der Waals surface area contributed by atoms with Crippen molar-refractivity contribution in [1.29, 1.82) is 0 Å². The second-order valence-corrected chi connectivity index (χ2v) is 7.72. The zero-order valence-corrected chi connectivity index (χ0v) is 18.2. The van der Waals surface area contributed by atoms with Crippen LogP contribution in [0.2, 0.25) is 0 Å². The SMILES string of the molecule is O=C(C[C@@H](O)CNC(=O)OCc1ccccc1)N[C@H](Cc1ccccc1I)C(=O)O. The van der Waals surface area contributed by atoms with Crippen molar-refractivity contribution in [3.05, 3.63) is 69.3 Å². The zero-order chi connectivity index (χ0) is 21.9. The molecule has 0 fully saturated rings. The van der Waals surface area contributed by atoms with Gasteiger partial charge in [-0.15, -0.1) is 0 Å². The van der Waals surface area contributed by atoms with Crippen molar-refractivity contribution in [2.24, 2.45) is 0 Å². The number of rotatable bonds is 10. The van der Waals surface area contributed by atoms with Crippen LogP contribution in [0.15, 0.2) is 54.6 Å². The third kappa shape index (κ3) is 8.37.